The molecule has 1 amide bonds. The first-order chi connectivity index (χ1) is 14.9. The van der Waals surface area contributed by atoms with Gasteiger partial charge < -0.3 is 28.6 Å². The predicted molar refractivity (Wildman–Crippen MR) is 116 cm³/mol. The van der Waals surface area contributed by atoms with Crippen LogP contribution in [0.5, 0.6) is 17.2 Å². The molecule has 1 aliphatic rings. The molecular formula is C22H20BrNO7. The van der Waals surface area contributed by atoms with Crippen LogP contribution in [-0.2, 0) is 0 Å². The van der Waals surface area contributed by atoms with Crippen molar-refractivity contribution >= 4 is 32.8 Å². The van der Waals surface area contributed by atoms with E-state index < -0.39 is 11.9 Å². The van der Waals surface area contributed by atoms with Crippen molar-refractivity contribution in [1.82, 2.24) is 4.90 Å². The molecule has 2 heterocycles. The lowest BCUT2D eigenvalue weighted by Gasteiger charge is -2.25. The number of rotatable bonds is 6. The molecule has 1 aliphatic heterocycles. The lowest BCUT2D eigenvalue weighted by atomic mass is 9.97. The molecule has 0 unspecified atom stereocenters. The summed E-state index contributed by atoms with van der Waals surface area (Å²) in [6, 6.07) is 7.61. The first-order valence-electron chi connectivity index (χ1n) is 9.43. The number of carbonyl (C=O) groups excluding carboxylic acids is 1. The third kappa shape index (κ3) is 3.34. The number of carbonyl (C=O) groups is 1. The Balaban J connectivity index is 2.02. The van der Waals surface area contributed by atoms with Crippen LogP contribution in [0, 0.1) is 0 Å². The highest BCUT2D eigenvalue weighted by Gasteiger charge is 2.43. The van der Waals surface area contributed by atoms with Gasteiger partial charge in [0.2, 0.25) is 11.5 Å². The Bertz CT molecular complexity index is 1210. The molecule has 1 atom stereocenters. The molecule has 0 bridgehead atoms. The molecule has 2 aromatic carbocycles. The molecule has 1 N–H and O–H groups in total. The summed E-state index contributed by atoms with van der Waals surface area (Å²) in [5.41, 5.74) is 0.773. The van der Waals surface area contributed by atoms with E-state index in [2.05, 4.69) is 15.9 Å². The SMILES string of the molecule is COc1cc([C@@H]2c3c(oc4ccc(Br)cc4c3=O)C(=O)N2CCO)cc(OC)c1OC. The zero-order valence-electron chi connectivity index (χ0n) is 17.1. The highest BCUT2D eigenvalue weighted by Crippen LogP contribution is 2.44. The average molecular weight is 490 g/mol. The number of nitrogens with zero attached hydrogens (tertiary/aromatic N) is 1. The molecule has 0 spiro atoms. The minimum absolute atomic E-state index is 0.0177. The minimum atomic E-state index is -0.789. The van der Waals surface area contributed by atoms with E-state index in [1.165, 1.54) is 26.2 Å². The van der Waals surface area contributed by atoms with Gasteiger partial charge in [0.05, 0.1) is 44.9 Å². The third-order valence-corrected chi connectivity index (χ3v) is 5.76. The van der Waals surface area contributed by atoms with E-state index in [0.717, 1.165) is 0 Å². The maximum absolute atomic E-state index is 13.5. The van der Waals surface area contributed by atoms with Crippen LogP contribution in [0.2, 0.25) is 0 Å². The van der Waals surface area contributed by atoms with Gasteiger partial charge in [-0.2, -0.15) is 0 Å². The van der Waals surface area contributed by atoms with Crippen molar-refractivity contribution in [2.24, 2.45) is 0 Å². The van der Waals surface area contributed by atoms with Crippen LogP contribution in [0.1, 0.15) is 27.7 Å². The molecule has 4 rings (SSSR count). The number of benzene rings is 2. The molecule has 3 aromatic rings. The van der Waals surface area contributed by atoms with Gasteiger partial charge in [0.25, 0.3) is 5.91 Å². The second kappa shape index (κ2) is 8.24. The number of amides is 1. The zero-order valence-corrected chi connectivity index (χ0v) is 18.7. The number of fused-ring (bicyclic) bond motifs is 2. The Hall–Kier alpha value is -3.04. The molecule has 0 saturated heterocycles. The van der Waals surface area contributed by atoms with Gasteiger partial charge in [0, 0.05) is 11.0 Å². The number of aliphatic hydroxyl groups is 1. The van der Waals surface area contributed by atoms with Crippen LogP contribution in [-0.4, -0.2) is 50.4 Å². The van der Waals surface area contributed by atoms with Crippen LogP contribution in [0.4, 0.5) is 0 Å². The number of ether oxygens (including phenoxy) is 3. The number of hydrogen-bond donors (Lipinski definition) is 1. The van der Waals surface area contributed by atoms with Crippen molar-refractivity contribution in [3.63, 3.8) is 0 Å². The van der Waals surface area contributed by atoms with Gasteiger partial charge in [-0.3, -0.25) is 9.59 Å². The van der Waals surface area contributed by atoms with Crippen LogP contribution >= 0.6 is 15.9 Å². The third-order valence-electron chi connectivity index (χ3n) is 5.27. The summed E-state index contributed by atoms with van der Waals surface area (Å²) in [7, 11) is 4.46. The van der Waals surface area contributed by atoms with Gasteiger partial charge in [-0.1, -0.05) is 15.9 Å². The second-order valence-electron chi connectivity index (χ2n) is 6.90. The number of β-amino-alcohol motifs (C(OH)–C–C–N with tert-alkyl or cyclic N) is 1. The Morgan fingerprint density at radius 2 is 1.74 bits per heavy atom. The highest BCUT2D eigenvalue weighted by molar-refractivity contribution is 9.10. The monoisotopic (exact) mass is 489 g/mol. The zero-order chi connectivity index (χ0) is 22.3. The van der Waals surface area contributed by atoms with Crippen molar-refractivity contribution < 1.29 is 28.5 Å². The summed E-state index contributed by atoms with van der Waals surface area (Å²) < 4.78 is 22.8. The Labute approximate surface area is 186 Å². The number of methoxy groups -OCH3 is 3. The van der Waals surface area contributed by atoms with Crippen LogP contribution < -0.4 is 19.6 Å². The Kier molecular flexibility index (Phi) is 5.63. The maximum Gasteiger partial charge on any atom is 0.290 e. The molecule has 162 valence electrons. The Morgan fingerprint density at radius 1 is 1.06 bits per heavy atom. The van der Waals surface area contributed by atoms with E-state index >= 15 is 0 Å². The fourth-order valence-corrected chi connectivity index (χ4v) is 4.30. The largest absolute Gasteiger partial charge is 0.493 e. The molecule has 8 nitrogen and oxygen atoms in total. The van der Waals surface area contributed by atoms with E-state index in [4.69, 9.17) is 18.6 Å². The van der Waals surface area contributed by atoms with Gasteiger partial charge >= 0.3 is 0 Å². The van der Waals surface area contributed by atoms with Crippen LogP contribution in [0.15, 0.2) is 44.0 Å². The molecular weight excluding hydrogens is 470 g/mol. The van der Waals surface area contributed by atoms with Gasteiger partial charge in [-0.05, 0) is 35.9 Å². The Morgan fingerprint density at radius 3 is 2.32 bits per heavy atom. The normalized spacial score (nSPS) is 15.3. The molecule has 1 aromatic heterocycles. The number of hydrogen-bond acceptors (Lipinski definition) is 7. The molecule has 0 aliphatic carbocycles. The first kappa shape index (κ1) is 21.2. The van der Waals surface area contributed by atoms with Gasteiger partial charge in [0.15, 0.2) is 16.9 Å². The lowest BCUT2D eigenvalue weighted by molar-refractivity contribution is 0.0691. The van der Waals surface area contributed by atoms with Crippen molar-refractivity contribution in [1.29, 1.82) is 0 Å². The van der Waals surface area contributed by atoms with Gasteiger partial charge in [0.1, 0.15) is 5.58 Å². The summed E-state index contributed by atoms with van der Waals surface area (Å²) >= 11 is 3.37. The fraction of sp³-hybridized carbons (Fsp3) is 0.273. The molecule has 0 saturated carbocycles. The fourth-order valence-electron chi connectivity index (χ4n) is 3.94. The number of aliphatic hydroxyl groups excluding tert-OH is 1. The summed E-state index contributed by atoms with van der Waals surface area (Å²) in [6.07, 6.45) is 0. The summed E-state index contributed by atoms with van der Waals surface area (Å²) in [6.45, 7) is -0.260. The minimum Gasteiger partial charge on any atom is -0.493 e. The van der Waals surface area contributed by atoms with E-state index in [0.29, 0.717) is 38.3 Å². The lowest BCUT2D eigenvalue weighted by Crippen LogP contribution is -2.32. The summed E-state index contributed by atoms with van der Waals surface area (Å²) in [5.74, 6) is 0.655. The predicted octanol–water partition coefficient (Wildman–Crippen LogP) is 3.12. The van der Waals surface area contributed by atoms with Crippen LogP contribution in [0.25, 0.3) is 11.0 Å². The topological polar surface area (TPSA) is 98.4 Å². The second-order valence-corrected chi connectivity index (χ2v) is 7.81. The maximum atomic E-state index is 13.5. The summed E-state index contributed by atoms with van der Waals surface area (Å²) in [4.78, 5) is 28.0. The van der Waals surface area contributed by atoms with Crippen LogP contribution in [0.3, 0.4) is 0 Å². The van der Waals surface area contributed by atoms with Crippen molar-refractivity contribution in [2.75, 3.05) is 34.5 Å². The van der Waals surface area contributed by atoms with Gasteiger partial charge in [-0.25, -0.2) is 0 Å². The average Bonchev–Trinajstić information content (AvgIpc) is 3.05. The van der Waals surface area contributed by atoms with Gasteiger partial charge in [-0.15, -0.1) is 0 Å². The van der Waals surface area contributed by atoms with E-state index in [-0.39, 0.29) is 29.9 Å². The summed E-state index contributed by atoms with van der Waals surface area (Å²) in [5, 5.41) is 9.94. The van der Waals surface area contributed by atoms with Crippen molar-refractivity contribution in [3.05, 3.63) is 61.9 Å². The molecule has 0 fully saturated rings. The van der Waals surface area contributed by atoms with Crippen molar-refractivity contribution in [2.45, 2.75) is 6.04 Å². The van der Waals surface area contributed by atoms with E-state index in [9.17, 15) is 14.7 Å². The van der Waals surface area contributed by atoms with E-state index in [1.807, 2.05) is 0 Å². The van der Waals surface area contributed by atoms with Crippen molar-refractivity contribution in [3.8, 4) is 17.2 Å². The number of halogens is 1. The first-order valence-corrected chi connectivity index (χ1v) is 10.2. The molecule has 0 radical (unpaired) electrons. The molecule has 31 heavy (non-hydrogen) atoms. The quantitative estimate of drug-likeness (QED) is 0.567. The smallest absolute Gasteiger partial charge is 0.290 e. The highest BCUT2D eigenvalue weighted by atomic mass is 79.9. The standard InChI is InChI=1S/C22H20BrNO7/c1-28-15-8-11(9-16(29-2)20(15)30-3)18-17-19(26)13-10-12(23)4-5-14(13)31-21(17)22(27)24(18)6-7-25/h4-5,8-10,18,25H,6-7H2,1-3H3/t18-/m1/s1. The molecule has 9 heteroatoms. The van der Waals surface area contributed by atoms with E-state index in [1.54, 1.807) is 30.3 Å².